The van der Waals surface area contributed by atoms with Crippen molar-refractivity contribution in [2.75, 3.05) is 36.4 Å². The van der Waals surface area contributed by atoms with Crippen molar-refractivity contribution in [2.45, 2.75) is 4.90 Å². The highest BCUT2D eigenvalue weighted by Gasteiger charge is 2.24. The molecule has 30 heavy (non-hydrogen) atoms. The van der Waals surface area contributed by atoms with Crippen LogP contribution >= 0.6 is 0 Å². The normalized spacial score (nSPS) is 11.0. The molecule has 0 heterocycles. The predicted molar refractivity (Wildman–Crippen MR) is 121 cm³/mol. The maximum Gasteiger partial charge on any atom is 0.264 e. The summed E-state index contributed by atoms with van der Waals surface area (Å²) in [7, 11) is -0.363. The molecule has 1 amide bonds. The minimum absolute atomic E-state index is 0.173. The van der Waals surface area contributed by atoms with Gasteiger partial charge in [-0.3, -0.25) is 9.10 Å². The summed E-state index contributed by atoms with van der Waals surface area (Å²) in [5.74, 6) is -0.317. The van der Waals surface area contributed by atoms with Crippen molar-refractivity contribution in [1.82, 2.24) is 5.32 Å². The summed E-state index contributed by atoms with van der Waals surface area (Å²) in [5, 5.41) is 2.88. The van der Waals surface area contributed by atoms with E-state index in [0.717, 1.165) is 9.99 Å². The lowest BCUT2D eigenvalue weighted by Crippen LogP contribution is -2.34. The second-order valence-electron chi connectivity index (χ2n) is 6.82. The largest absolute Gasteiger partial charge is 0.373 e. The average Bonchev–Trinajstić information content (AvgIpc) is 2.79. The highest BCUT2D eigenvalue weighted by molar-refractivity contribution is 7.92. The van der Waals surface area contributed by atoms with E-state index in [4.69, 9.17) is 0 Å². The van der Waals surface area contributed by atoms with Crippen molar-refractivity contribution < 1.29 is 13.2 Å². The monoisotopic (exact) mass is 423 g/mol. The first kappa shape index (κ1) is 21.4. The third-order valence-corrected chi connectivity index (χ3v) is 6.60. The molecule has 0 unspecified atom stereocenters. The summed E-state index contributed by atoms with van der Waals surface area (Å²) in [4.78, 5) is 15.0. The molecule has 0 saturated carbocycles. The van der Waals surface area contributed by atoms with Gasteiger partial charge in [-0.2, -0.15) is 0 Å². The van der Waals surface area contributed by atoms with E-state index in [2.05, 4.69) is 5.32 Å². The van der Waals surface area contributed by atoms with Crippen LogP contribution in [0.15, 0.2) is 89.8 Å². The summed E-state index contributed by atoms with van der Waals surface area (Å²) in [6.07, 6.45) is 0. The maximum atomic E-state index is 13.0. The van der Waals surface area contributed by atoms with E-state index in [0.29, 0.717) is 24.3 Å². The Hall–Kier alpha value is -3.32. The molecule has 0 aromatic heterocycles. The van der Waals surface area contributed by atoms with Crippen molar-refractivity contribution in [1.29, 1.82) is 0 Å². The fourth-order valence-corrected chi connectivity index (χ4v) is 4.30. The molecule has 0 atom stereocenters. The quantitative estimate of drug-likeness (QED) is 0.603. The zero-order chi connectivity index (χ0) is 21.6. The third-order valence-electron chi connectivity index (χ3n) is 4.82. The number of carbonyl (C=O) groups excluding carboxylic acids is 1. The first-order valence-corrected chi connectivity index (χ1v) is 11.0. The number of carbonyl (C=O) groups is 1. The Labute approximate surface area is 177 Å². The Morgan fingerprint density at radius 1 is 0.833 bits per heavy atom. The van der Waals surface area contributed by atoms with Gasteiger partial charge in [-0.15, -0.1) is 0 Å². The number of rotatable bonds is 8. The lowest BCUT2D eigenvalue weighted by atomic mass is 10.1. The molecule has 1 N–H and O–H groups in total. The first-order chi connectivity index (χ1) is 14.4. The van der Waals surface area contributed by atoms with Crippen LogP contribution in [0.5, 0.6) is 0 Å². The average molecular weight is 424 g/mol. The molecule has 0 fully saturated rings. The topological polar surface area (TPSA) is 69.7 Å². The van der Waals surface area contributed by atoms with E-state index in [9.17, 15) is 13.2 Å². The number of nitrogens with zero attached hydrogens (tertiary/aromatic N) is 2. The Bertz CT molecular complexity index is 1090. The molecule has 0 aliphatic carbocycles. The van der Waals surface area contributed by atoms with E-state index in [1.807, 2.05) is 42.3 Å². The van der Waals surface area contributed by atoms with E-state index in [1.54, 1.807) is 42.5 Å². The Morgan fingerprint density at radius 3 is 2.07 bits per heavy atom. The number of likely N-dealkylation sites (N-methyl/N-ethyl adjacent to an activating group) is 1. The number of anilines is 2. The minimum atomic E-state index is -3.77. The van der Waals surface area contributed by atoms with Crippen LogP contribution in [0.4, 0.5) is 11.4 Å². The van der Waals surface area contributed by atoms with Crippen molar-refractivity contribution >= 4 is 27.3 Å². The molecule has 0 aliphatic rings. The number of nitrogens with one attached hydrogen (secondary N) is 1. The van der Waals surface area contributed by atoms with Gasteiger partial charge in [-0.25, -0.2) is 8.42 Å². The van der Waals surface area contributed by atoms with Gasteiger partial charge in [0, 0.05) is 32.9 Å². The highest BCUT2D eigenvalue weighted by Crippen LogP contribution is 2.25. The number of benzene rings is 3. The smallest absolute Gasteiger partial charge is 0.264 e. The fourth-order valence-electron chi connectivity index (χ4n) is 3.06. The number of sulfonamides is 1. The fraction of sp³-hybridized carbons (Fsp3) is 0.174. The second-order valence-corrected chi connectivity index (χ2v) is 8.79. The van der Waals surface area contributed by atoms with Gasteiger partial charge >= 0.3 is 0 Å². The second kappa shape index (κ2) is 9.45. The molecule has 0 bridgehead atoms. The van der Waals surface area contributed by atoms with Crippen molar-refractivity contribution in [3.63, 3.8) is 0 Å². The summed E-state index contributed by atoms with van der Waals surface area (Å²) < 4.78 is 27.1. The lowest BCUT2D eigenvalue weighted by Gasteiger charge is -2.23. The lowest BCUT2D eigenvalue weighted by molar-refractivity contribution is 0.0955. The van der Waals surface area contributed by atoms with Gasteiger partial charge in [0.2, 0.25) is 0 Å². The summed E-state index contributed by atoms with van der Waals surface area (Å²) in [6, 6.07) is 24.7. The van der Waals surface area contributed by atoms with Crippen LogP contribution in [0, 0.1) is 0 Å². The highest BCUT2D eigenvalue weighted by atomic mass is 32.2. The minimum Gasteiger partial charge on any atom is -0.373 e. The third kappa shape index (κ3) is 4.80. The SMILES string of the molecule is CN(CCNC(=O)c1ccccc1N(C)S(=O)(=O)c1ccccc1)c1ccccc1. The zero-order valence-corrected chi connectivity index (χ0v) is 17.8. The molecular weight excluding hydrogens is 398 g/mol. The number of para-hydroxylation sites is 2. The summed E-state index contributed by atoms with van der Waals surface area (Å²) >= 11 is 0. The molecule has 0 radical (unpaired) electrons. The molecule has 3 aromatic carbocycles. The van der Waals surface area contributed by atoms with Crippen molar-refractivity contribution in [2.24, 2.45) is 0 Å². The maximum absolute atomic E-state index is 13.0. The van der Waals surface area contributed by atoms with Gasteiger partial charge in [-0.1, -0.05) is 48.5 Å². The van der Waals surface area contributed by atoms with E-state index >= 15 is 0 Å². The number of hydrogen-bond acceptors (Lipinski definition) is 4. The predicted octanol–water partition coefficient (Wildman–Crippen LogP) is 3.38. The molecule has 0 saturated heterocycles. The van der Waals surface area contributed by atoms with Crippen molar-refractivity contribution in [3.05, 3.63) is 90.5 Å². The molecule has 0 spiro atoms. The number of amides is 1. The van der Waals surface area contributed by atoms with E-state index < -0.39 is 10.0 Å². The molecule has 3 aromatic rings. The van der Waals surface area contributed by atoms with E-state index in [-0.39, 0.29) is 10.8 Å². The number of hydrogen-bond donors (Lipinski definition) is 1. The molecule has 156 valence electrons. The summed E-state index contributed by atoms with van der Waals surface area (Å²) in [6.45, 7) is 1.05. The van der Waals surface area contributed by atoms with Crippen LogP contribution in [0.2, 0.25) is 0 Å². The van der Waals surface area contributed by atoms with Gasteiger partial charge in [0.05, 0.1) is 16.1 Å². The van der Waals surface area contributed by atoms with Crippen molar-refractivity contribution in [3.8, 4) is 0 Å². The summed E-state index contributed by atoms with van der Waals surface area (Å²) in [5.41, 5.74) is 1.69. The van der Waals surface area contributed by atoms with Crippen LogP contribution < -0.4 is 14.5 Å². The van der Waals surface area contributed by atoms with Crippen LogP contribution in [0.25, 0.3) is 0 Å². The van der Waals surface area contributed by atoms with Gasteiger partial charge in [0.1, 0.15) is 0 Å². The standard InChI is InChI=1S/C23H25N3O3S/c1-25(19-11-5-3-6-12-19)18-17-24-23(27)21-15-9-10-16-22(21)26(2)30(28,29)20-13-7-4-8-14-20/h3-16H,17-18H2,1-2H3,(H,24,27). The Kier molecular flexibility index (Phi) is 6.74. The van der Waals surface area contributed by atoms with Gasteiger partial charge < -0.3 is 10.2 Å². The Morgan fingerprint density at radius 2 is 1.40 bits per heavy atom. The van der Waals surface area contributed by atoms with Crippen LogP contribution in [-0.4, -0.2) is 41.5 Å². The van der Waals surface area contributed by atoms with Crippen LogP contribution in [0.3, 0.4) is 0 Å². The molecule has 0 aliphatic heterocycles. The first-order valence-electron chi connectivity index (χ1n) is 9.58. The van der Waals surface area contributed by atoms with Crippen LogP contribution in [-0.2, 0) is 10.0 Å². The molecular formula is C23H25N3O3S. The van der Waals surface area contributed by atoms with Crippen LogP contribution in [0.1, 0.15) is 10.4 Å². The van der Waals surface area contributed by atoms with Gasteiger partial charge in [0.25, 0.3) is 15.9 Å². The van der Waals surface area contributed by atoms with Gasteiger partial charge in [-0.05, 0) is 36.4 Å². The van der Waals surface area contributed by atoms with Gasteiger partial charge in [0.15, 0.2) is 0 Å². The van der Waals surface area contributed by atoms with E-state index in [1.165, 1.54) is 19.2 Å². The molecule has 7 heteroatoms. The molecule has 3 rings (SSSR count). The zero-order valence-electron chi connectivity index (χ0n) is 17.0. The molecule has 6 nitrogen and oxygen atoms in total. The Balaban J connectivity index is 1.72.